The molecule has 0 N–H and O–H groups in total. The van der Waals surface area contributed by atoms with Crippen molar-refractivity contribution in [2.75, 3.05) is 0 Å². The highest BCUT2D eigenvalue weighted by molar-refractivity contribution is 6.26. The Hall–Kier alpha value is -2.43. The van der Waals surface area contributed by atoms with Crippen molar-refractivity contribution in [1.82, 2.24) is 15.0 Å². The number of ketones is 2. The molecule has 76 valence electrons. The zero-order valence-electron chi connectivity index (χ0n) is 8.04. The maximum atomic E-state index is 12.0. The summed E-state index contributed by atoms with van der Waals surface area (Å²) in [4.78, 5) is 35.5. The van der Waals surface area contributed by atoms with Gasteiger partial charge in [0.25, 0.3) is 0 Å². The van der Waals surface area contributed by atoms with Crippen LogP contribution in [-0.2, 0) is 0 Å². The molecule has 2 aromatic heterocycles. The van der Waals surface area contributed by atoms with E-state index in [1.807, 2.05) is 0 Å². The van der Waals surface area contributed by atoms with E-state index in [-0.39, 0.29) is 23.0 Å². The van der Waals surface area contributed by atoms with Crippen molar-refractivity contribution in [1.29, 1.82) is 0 Å². The third-order valence-electron chi connectivity index (χ3n) is 2.44. The number of hydrogen-bond acceptors (Lipinski definition) is 5. The van der Waals surface area contributed by atoms with Crippen molar-refractivity contribution < 1.29 is 9.59 Å². The number of fused-ring (bicyclic) bond motifs is 2. The molecule has 3 rings (SSSR count). The van der Waals surface area contributed by atoms with Gasteiger partial charge in [-0.1, -0.05) is 0 Å². The predicted molar refractivity (Wildman–Crippen MR) is 53.1 cm³/mol. The number of pyridine rings is 1. The minimum Gasteiger partial charge on any atom is -0.287 e. The summed E-state index contributed by atoms with van der Waals surface area (Å²) in [5.41, 5.74) is 0.854. The van der Waals surface area contributed by atoms with E-state index in [9.17, 15) is 9.59 Å². The molecule has 2 heterocycles. The van der Waals surface area contributed by atoms with Gasteiger partial charge >= 0.3 is 0 Å². The van der Waals surface area contributed by atoms with Gasteiger partial charge in [-0.25, -0.2) is 9.97 Å². The molecule has 0 atom stereocenters. The van der Waals surface area contributed by atoms with E-state index in [4.69, 9.17) is 0 Å². The summed E-state index contributed by atoms with van der Waals surface area (Å²) in [6.45, 7) is 0. The van der Waals surface area contributed by atoms with E-state index >= 15 is 0 Å². The molecule has 1 aliphatic rings. The molecule has 0 unspecified atom stereocenters. The summed E-state index contributed by atoms with van der Waals surface area (Å²) < 4.78 is 0. The molecule has 0 spiro atoms. The van der Waals surface area contributed by atoms with Crippen LogP contribution >= 0.6 is 0 Å². The predicted octanol–water partition coefficient (Wildman–Crippen LogP) is 0.647. The van der Waals surface area contributed by atoms with Gasteiger partial charge in [0.2, 0.25) is 11.6 Å². The van der Waals surface area contributed by atoms with Gasteiger partial charge < -0.3 is 0 Å². The summed E-state index contributed by atoms with van der Waals surface area (Å²) >= 11 is 0. The van der Waals surface area contributed by atoms with Gasteiger partial charge in [-0.3, -0.25) is 14.6 Å². The van der Waals surface area contributed by atoms with Gasteiger partial charge in [0, 0.05) is 30.4 Å². The molecule has 0 bridgehead atoms. The highest BCUT2D eigenvalue weighted by Crippen LogP contribution is 2.22. The summed E-state index contributed by atoms with van der Waals surface area (Å²) in [5, 5.41) is 0. The van der Waals surface area contributed by atoms with Gasteiger partial charge in [0.1, 0.15) is 11.4 Å². The van der Waals surface area contributed by atoms with Crippen LogP contribution in [0.5, 0.6) is 0 Å². The fourth-order valence-electron chi connectivity index (χ4n) is 1.70. The first-order valence-electron chi connectivity index (χ1n) is 4.63. The fourth-order valence-corrected chi connectivity index (χ4v) is 1.70. The number of carbonyl (C=O) groups is 2. The smallest absolute Gasteiger partial charge is 0.216 e. The number of hydrogen-bond donors (Lipinski definition) is 0. The molecule has 5 nitrogen and oxygen atoms in total. The van der Waals surface area contributed by atoms with Crippen LogP contribution in [0.25, 0.3) is 0 Å². The van der Waals surface area contributed by atoms with Crippen LogP contribution < -0.4 is 0 Å². The van der Waals surface area contributed by atoms with Gasteiger partial charge in [-0.2, -0.15) is 0 Å². The second-order valence-corrected chi connectivity index (χ2v) is 3.33. The Kier molecular flexibility index (Phi) is 1.67. The average molecular weight is 211 g/mol. The van der Waals surface area contributed by atoms with Crippen LogP contribution in [0.15, 0.2) is 30.9 Å². The van der Waals surface area contributed by atoms with Crippen LogP contribution in [0.1, 0.15) is 32.1 Å². The Labute approximate surface area is 90.2 Å². The highest BCUT2D eigenvalue weighted by atomic mass is 16.1. The summed E-state index contributed by atoms with van der Waals surface area (Å²) in [6.07, 6.45) is 5.65. The van der Waals surface area contributed by atoms with E-state index in [0.717, 1.165) is 0 Å². The average Bonchev–Trinajstić information content (AvgIpc) is 2.36. The molecule has 5 heteroatoms. The zero-order chi connectivity index (χ0) is 11.1. The van der Waals surface area contributed by atoms with Crippen molar-refractivity contribution in [3.63, 3.8) is 0 Å². The molecule has 0 amide bonds. The van der Waals surface area contributed by atoms with Gasteiger partial charge in [0.05, 0.1) is 5.56 Å². The zero-order valence-corrected chi connectivity index (χ0v) is 8.04. The lowest BCUT2D eigenvalue weighted by molar-refractivity contribution is 0.0971. The number of rotatable bonds is 0. The number of nitrogens with zero attached hydrogens (tertiary/aromatic N) is 3. The first-order chi connectivity index (χ1) is 7.79. The second kappa shape index (κ2) is 3.03. The van der Waals surface area contributed by atoms with Gasteiger partial charge in [-0.15, -0.1) is 0 Å². The quantitative estimate of drug-likeness (QED) is 0.545. The highest BCUT2D eigenvalue weighted by Gasteiger charge is 2.31. The van der Waals surface area contributed by atoms with E-state index < -0.39 is 0 Å². The summed E-state index contributed by atoms with van der Waals surface area (Å²) in [5.74, 6) is -0.578. The fraction of sp³-hybridized carbons (Fsp3) is 0. The molecule has 0 saturated carbocycles. The largest absolute Gasteiger partial charge is 0.287 e. The molecule has 2 aromatic rings. The van der Waals surface area contributed by atoms with Crippen molar-refractivity contribution >= 4 is 11.6 Å². The van der Waals surface area contributed by atoms with Crippen LogP contribution in [0.3, 0.4) is 0 Å². The summed E-state index contributed by atoms with van der Waals surface area (Å²) in [6, 6.07) is 1.52. The lowest BCUT2D eigenvalue weighted by Gasteiger charge is -2.13. The normalized spacial score (nSPS) is 13.2. The van der Waals surface area contributed by atoms with Crippen molar-refractivity contribution in [3.05, 3.63) is 53.4 Å². The molecule has 0 saturated heterocycles. The molecular formula is C11H5N3O2. The first kappa shape index (κ1) is 8.84. The van der Waals surface area contributed by atoms with E-state index in [2.05, 4.69) is 15.0 Å². The minimum absolute atomic E-state index is 0.105. The molecule has 0 aliphatic heterocycles. The standard InChI is InChI=1S/C11H5N3O2/c15-10-6-1-2-12-5-7(6)11(16)9-8(10)13-3-4-14-9/h1-5H. The Bertz CT molecular complexity index is 517. The molecule has 16 heavy (non-hydrogen) atoms. The SMILES string of the molecule is O=C1c2ccncc2C(=O)c2nccnc21. The van der Waals surface area contributed by atoms with Crippen LogP contribution in [0, 0.1) is 0 Å². The maximum Gasteiger partial charge on any atom is 0.216 e. The van der Waals surface area contributed by atoms with E-state index in [0.29, 0.717) is 11.1 Å². The molecular weight excluding hydrogens is 206 g/mol. The Balaban J connectivity index is 2.35. The molecule has 0 radical (unpaired) electrons. The van der Waals surface area contributed by atoms with E-state index in [1.54, 1.807) is 0 Å². The Morgan fingerprint density at radius 3 is 2.12 bits per heavy atom. The Morgan fingerprint density at radius 2 is 1.44 bits per heavy atom. The molecule has 0 aromatic carbocycles. The van der Waals surface area contributed by atoms with Gasteiger partial charge in [-0.05, 0) is 6.07 Å². The van der Waals surface area contributed by atoms with Crippen molar-refractivity contribution in [2.24, 2.45) is 0 Å². The van der Waals surface area contributed by atoms with Crippen LogP contribution in [-0.4, -0.2) is 26.5 Å². The summed E-state index contributed by atoms with van der Waals surface area (Å²) in [7, 11) is 0. The van der Waals surface area contributed by atoms with Crippen LogP contribution in [0.2, 0.25) is 0 Å². The molecule has 1 aliphatic carbocycles. The third-order valence-corrected chi connectivity index (χ3v) is 2.44. The monoisotopic (exact) mass is 211 g/mol. The number of carbonyl (C=O) groups excluding carboxylic acids is 2. The second-order valence-electron chi connectivity index (χ2n) is 3.33. The van der Waals surface area contributed by atoms with Crippen molar-refractivity contribution in [2.45, 2.75) is 0 Å². The number of aromatic nitrogens is 3. The lowest BCUT2D eigenvalue weighted by atomic mass is 9.91. The minimum atomic E-state index is -0.300. The topological polar surface area (TPSA) is 72.8 Å². The Morgan fingerprint density at radius 1 is 0.812 bits per heavy atom. The first-order valence-corrected chi connectivity index (χ1v) is 4.63. The van der Waals surface area contributed by atoms with Crippen LogP contribution in [0.4, 0.5) is 0 Å². The third kappa shape index (κ3) is 1.02. The van der Waals surface area contributed by atoms with Gasteiger partial charge in [0.15, 0.2) is 0 Å². The van der Waals surface area contributed by atoms with E-state index in [1.165, 1.54) is 30.9 Å². The lowest BCUT2D eigenvalue weighted by Crippen LogP contribution is -2.23. The van der Waals surface area contributed by atoms with Crippen molar-refractivity contribution in [3.8, 4) is 0 Å². The maximum absolute atomic E-state index is 12.0. The molecule has 0 fully saturated rings.